The van der Waals surface area contributed by atoms with Crippen molar-refractivity contribution in [2.45, 2.75) is 110 Å². The van der Waals surface area contributed by atoms with Crippen molar-refractivity contribution in [3.05, 3.63) is 34.7 Å². The van der Waals surface area contributed by atoms with Crippen LogP contribution in [-0.2, 0) is 62.7 Å². The molecule has 1 aromatic heterocycles. The van der Waals surface area contributed by atoms with Crippen LogP contribution in [0.2, 0.25) is 0 Å². The normalized spacial score (nSPS) is 21.0. The summed E-state index contributed by atoms with van der Waals surface area (Å²) >= 11 is 0.909. The minimum atomic E-state index is -5.64. The molecule has 63 heavy (non-hydrogen) atoms. The van der Waals surface area contributed by atoms with Crippen LogP contribution in [-0.4, -0.2) is 128 Å². The number of sulfonamides is 1. The van der Waals surface area contributed by atoms with E-state index in [2.05, 4.69) is 10.6 Å². The molecule has 2 aromatic rings. The van der Waals surface area contributed by atoms with Crippen molar-refractivity contribution >= 4 is 74.6 Å². The number of piperidine rings is 1. The number of hydrogen-bond donors (Lipinski definition) is 2. The Hall–Kier alpha value is -4.08. The summed E-state index contributed by atoms with van der Waals surface area (Å²) in [7, 11) is -9.01. The number of nitrogens with one attached hydrogen (secondary N) is 2. The molecule has 2 N–H and O–H groups in total. The van der Waals surface area contributed by atoms with Gasteiger partial charge in [0.15, 0.2) is 0 Å². The van der Waals surface area contributed by atoms with Crippen molar-refractivity contribution in [1.82, 2.24) is 24.7 Å². The van der Waals surface area contributed by atoms with Crippen LogP contribution in [0.15, 0.2) is 24.3 Å². The van der Waals surface area contributed by atoms with Crippen molar-refractivity contribution in [2.24, 2.45) is 10.8 Å². The summed E-state index contributed by atoms with van der Waals surface area (Å²) in [5.74, 6) is -3.76. The molecule has 0 spiro atoms. The number of alkyl halides is 2. The fraction of sp³-hybridized carbons (Fsp3) is 0.650. The molecule has 3 atom stereocenters. The minimum Gasteiger partial charge on any atom is -0.438 e. The van der Waals surface area contributed by atoms with E-state index in [4.69, 9.17) is 18.5 Å². The first-order chi connectivity index (χ1) is 29.1. The number of esters is 2. The highest BCUT2D eigenvalue weighted by molar-refractivity contribution is 7.88. The van der Waals surface area contributed by atoms with Crippen LogP contribution in [0.3, 0.4) is 0 Å². The molecule has 3 saturated heterocycles. The lowest BCUT2D eigenvalue weighted by molar-refractivity contribution is -0.163. The Kier molecular flexibility index (Phi) is 15.2. The van der Waals surface area contributed by atoms with Crippen molar-refractivity contribution in [3.8, 4) is 0 Å². The average molecular weight is 948 g/mol. The molecular formula is C40H56F2N5O13PS2. The number of benzene rings is 1. The maximum Gasteiger partial charge on any atom is 0.410 e. The number of carbonyl (C=O) groups is 6. The van der Waals surface area contributed by atoms with Crippen LogP contribution in [0.25, 0.3) is 10.1 Å². The highest BCUT2D eigenvalue weighted by atomic mass is 32.2. The van der Waals surface area contributed by atoms with Gasteiger partial charge < -0.3 is 29.9 Å². The van der Waals surface area contributed by atoms with E-state index in [1.54, 1.807) is 0 Å². The second-order valence-corrected chi connectivity index (χ2v) is 23.1. The number of fused-ring (bicyclic) bond motifs is 2. The summed E-state index contributed by atoms with van der Waals surface area (Å²) < 4.78 is 91.9. The number of thiophene rings is 1. The SMILES string of the molecule is CC(=O)N1CC[C@H]2CC[C@@H](C(=O)NC3CCN(S(C)(=O)=O)CC3)N2C(=O)[C@@H](NC(=O)c2cc3cc(C(F)(F)P(=O)(OCOC(=O)C(C)(C)C)OCOC(=O)C(C)(C)C)ccc3s2)C1. The Bertz CT molecular complexity index is 2220. The second-order valence-electron chi connectivity index (χ2n) is 18.0. The molecule has 3 aliphatic rings. The Morgan fingerprint density at radius 2 is 1.44 bits per heavy atom. The molecule has 1 aromatic carbocycles. The first kappa shape index (κ1) is 49.9. The highest BCUT2D eigenvalue weighted by Crippen LogP contribution is 2.67. The second kappa shape index (κ2) is 19.2. The van der Waals surface area contributed by atoms with E-state index >= 15 is 8.78 Å². The molecule has 18 nitrogen and oxygen atoms in total. The summed E-state index contributed by atoms with van der Waals surface area (Å²) in [4.78, 5) is 82.1. The van der Waals surface area contributed by atoms with Gasteiger partial charge in [-0.15, -0.1) is 11.3 Å². The van der Waals surface area contributed by atoms with Gasteiger partial charge in [0, 0.05) is 55.4 Å². The molecule has 0 aliphatic carbocycles. The van der Waals surface area contributed by atoms with Gasteiger partial charge in [-0.2, -0.15) is 8.78 Å². The Balaban J connectivity index is 1.35. The Morgan fingerprint density at radius 3 is 1.98 bits per heavy atom. The molecule has 4 amide bonds. The fourth-order valence-electron chi connectivity index (χ4n) is 7.32. The van der Waals surface area contributed by atoms with Gasteiger partial charge in [-0.25, -0.2) is 12.7 Å². The molecule has 0 radical (unpaired) electrons. The summed E-state index contributed by atoms with van der Waals surface area (Å²) in [6.07, 6.45) is 3.13. The third-order valence-corrected chi connectivity index (χ3v) is 15.2. The molecule has 0 unspecified atom stereocenters. The lowest BCUT2D eigenvalue weighted by atomic mass is 9.98. The number of amides is 4. The van der Waals surface area contributed by atoms with Crippen LogP contribution in [0.5, 0.6) is 0 Å². The number of hydrogen-bond acceptors (Lipinski definition) is 14. The van der Waals surface area contributed by atoms with E-state index in [0.717, 1.165) is 29.7 Å². The topological polar surface area (TPSA) is 224 Å². The van der Waals surface area contributed by atoms with Gasteiger partial charge in [0.2, 0.25) is 41.3 Å². The largest absolute Gasteiger partial charge is 0.438 e. The Labute approximate surface area is 369 Å². The first-order valence-electron chi connectivity index (χ1n) is 20.4. The molecule has 5 rings (SSSR count). The smallest absolute Gasteiger partial charge is 0.410 e. The van der Waals surface area contributed by atoms with E-state index in [-0.39, 0.29) is 48.4 Å². The van der Waals surface area contributed by atoms with Crippen LogP contribution < -0.4 is 10.6 Å². The molecule has 4 heterocycles. The van der Waals surface area contributed by atoms with Gasteiger partial charge in [-0.05, 0) is 97.2 Å². The third-order valence-electron chi connectivity index (χ3n) is 11.0. The number of ether oxygens (including phenoxy) is 2. The van der Waals surface area contributed by atoms with Gasteiger partial charge >= 0.3 is 25.2 Å². The zero-order chi connectivity index (χ0) is 46.9. The van der Waals surface area contributed by atoms with Crippen molar-refractivity contribution in [1.29, 1.82) is 0 Å². The average Bonchev–Trinajstić information content (AvgIpc) is 3.81. The maximum absolute atomic E-state index is 16.3. The van der Waals surface area contributed by atoms with Gasteiger partial charge in [-0.1, -0.05) is 6.07 Å². The van der Waals surface area contributed by atoms with E-state index in [9.17, 15) is 41.8 Å². The van der Waals surface area contributed by atoms with E-state index < -0.39 is 101 Å². The van der Waals surface area contributed by atoms with Gasteiger partial charge in [0.25, 0.3) is 5.91 Å². The molecule has 350 valence electrons. The molecule has 0 saturated carbocycles. The van der Waals surface area contributed by atoms with E-state index in [1.165, 1.54) is 74.7 Å². The number of rotatable bonds is 13. The van der Waals surface area contributed by atoms with Crippen LogP contribution in [0.4, 0.5) is 8.78 Å². The molecule has 3 fully saturated rings. The quantitative estimate of drug-likeness (QED) is 0.160. The van der Waals surface area contributed by atoms with E-state index in [0.29, 0.717) is 36.8 Å². The highest BCUT2D eigenvalue weighted by Gasteiger charge is 2.56. The standard InChI is InChI=1S/C40H56F2N5O13PS2/c1-24(48)45-16-15-28-10-11-30(33(49)43-27-13-17-46(18-14-27)63(8,55)56)47(28)35(51)29(21-45)44-34(50)32-20-25-19-26(9-12-31(25)62-32)40(41,42)61(54,59-22-57-36(52)38(2,3)4)60-23-58-37(53)39(5,6)7/h9,12,19-20,27-30H,10-11,13-18,21-23H2,1-8H3,(H,43,49)(H,44,50)/t28-,29+,30+/m1/s1. The summed E-state index contributed by atoms with van der Waals surface area (Å²) in [6.45, 7) is 8.55. The minimum absolute atomic E-state index is 0.00118. The maximum atomic E-state index is 16.3. The van der Waals surface area contributed by atoms with Crippen molar-refractivity contribution in [3.63, 3.8) is 0 Å². The van der Waals surface area contributed by atoms with E-state index in [1.807, 2.05) is 0 Å². The molecule has 3 aliphatic heterocycles. The lowest BCUT2D eigenvalue weighted by Crippen LogP contribution is -2.61. The van der Waals surface area contributed by atoms with Gasteiger partial charge in [0.05, 0.1) is 22.0 Å². The molecule has 0 bridgehead atoms. The van der Waals surface area contributed by atoms with Crippen molar-refractivity contribution in [2.75, 3.05) is 46.0 Å². The van der Waals surface area contributed by atoms with Crippen molar-refractivity contribution < 1.29 is 69.1 Å². The third kappa shape index (κ3) is 11.8. The summed E-state index contributed by atoms with van der Waals surface area (Å²) in [5.41, 5.74) is -7.40. The van der Waals surface area contributed by atoms with Gasteiger partial charge in [0.1, 0.15) is 12.1 Å². The summed E-state index contributed by atoms with van der Waals surface area (Å²) in [6, 6.07) is 1.57. The van der Waals surface area contributed by atoms with Crippen LogP contribution in [0.1, 0.15) is 95.8 Å². The predicted molar refractivity (Wildman–Crippen MR) is 226 cm³/mol. The van der Waals surface area contributed by atoms with Crippen LogP contribution in [0, 0.1) is 10.8 Å². The molecular weight excluding hydrogens is 892 g/mol. The predicted octanol–water partition coefficient (Wildman–Crippen LogP) is 4.52. The molecule has 23 heteroatoms. The first-order valence-corrected chi connectivity index (χ1v) is 24.6. The fourth-order valence-corrected chi connectivity index (χ4v) is 10.4. The monoisotopic (exact) mass is 947 g/mol. The number of halogens is 2. The summed E-state index contributed by atoms with van der Waals surface area (Å²) in [5, 5.41) is 5.79. The zero-order valence-electron chi connectivity index (χ0n) is 36.6. The zero-order valence-corrected chi connectivity index (χ0v) is 39.1. The van der Waals surface area contributed by atoms with Gasteiger partial charge in [-0.3, -0.25) is 42.4 Å². The van der Waals surface area contributed by atoms with Crippen LogP contribution >= 0.6 is 18.9 Å². The number of carbonyl (C=O) groups excluding carboxylic acids is 6. The Morgan fingerprint density at radius 1 is 0.857 bits per heavy atom. The lowest BCUT2D eigenvalue weighted by Gasteiger charge is -2.39. The number of nitrogens with zero attached hydrogens (tertiary/aromatic N) is 3.